The van der Waals surface area contributed by atoms with Crippen LogP contribution in [0.2, 0.25) is 0 Å². The van der Waals surface area contributed by atoms with E-state index in [1.165, 1.54) is 11.8 Å². The summed E-state index contributed by atoms with van der Waals surface area (Å²) >= 11 is 0. The van der Waals surface area contributed by atoms with E-state index in [9.17, 15) is 9.59 Å². The molecule has 1 heterocycles. The molecule has 1 N–H and O–H groups in total. The maximum Gasteiger partial charge on any atom is 0.358 e. The number of hydrogen-bond acceptors (Lipinski definition) is 4. The van der Waals surface area contributed by atoms with Crippen LogP contribution in [0.15, 0.2) is 41.0 Å². The van der Waals surface area contributed by atoms with Gasteiger partial charge in [0.2, 0.25) is 0 Å². The number of ether oxygens (including phenoxy) is 1. The third kappa shape index (κ3) is 3.66. The molecule has 5 nitrogen and oxygen atoms in total. The standard InChI is InChI=1S/C15H18N2O3/c1-10(2)12-5-3-11(4-6-12)9-20-15(19)13-7-17-14(18)8-16-13/h3,7-8,12H,1,4-6,9H2,2H3,(H,17,18)/t12-/m1/s1. The van der Waals surface area contributed by atoms with E-state index in [2.05, 4.69) is 22.6 Å². The second kappa shape index (κ2) is 6.32. The summed E-state index contributed by atoms with van der Waals surface area (Å²) in [6, 6.07) is 0. The van der Waals surface area contributed by atoms with Crippen molar-refractivity contribution in [3.63, 3.8) is 0 Å². The van der Waals surface area contributed by atoms with Crippen LogP contribution in [0.5, 0.6) is 0 Å². The Kier molecular flexibility index (Phi) is 4.50. The molecule has 0 aromatic carbocycles. The highest BCUT2D eigenvalue weighted by molar-refractivity contribution is 5.86. The second-order valence-electron chi connectivity index (χ2n) is 5.05. The number of H-pyrrole nitrogens is 1. The highest BCUT2D eigenvalue weighted by Crippen LogP contribution is 2.28. The molecule has 1 aliphatic rings. The molecule has 0 radical (unpaired) electrons. The zero-order valence-electron chi connectivity index (χ0n) is 11.5. The van der Waals surface area contributed by atoms with Crippen molar-refractivity contribution < 1.29 is 9.53 Å². The van der Waals surface area contributed by atoms with E-state index in [-0.39, 0.29) is 17.9 Å². The number of nitrogens with one attached hydrogen (secondary N) is 1. The second-order valence-corrected chi connectivity index (χ2v) is 5.05. The number of rotatable bonds is 4. The molecule has 1 aliphatic carbocycles. The molecule has 0 aliphatic heterocycles. The van der Waals surface area contributed by atoms with Crippen molar-refractivity contribution in [1.82, 2.24) is 9.97 Å². The zero-order valence-corrected chi connectivity index (χ0v) is 11.5. The van der Waals surface area contributed by atoms with Crippen LogP contribution in [0.1, 0.15) is 36.7 Å². The van der Waals surface area contributed by atoms with E-state index in [0.29, 0.717) is 5.92 Å². The van der Waals surface area contributed by atoms with Crippen LogP contribution in [0.3, 0.4) is 0 Å². The Labute approximate surface area is 117 Å². The molecule has 1 aromatic rings. The molecule has 0 saturated heterocycles. The van der Waals surface area contributed by atoms with E-state index < -0.39 is 5.97 Å². The van der Waals surface area contributed by atoms with E-state index in [0.717, 1.165) is 31.0 Å². The topological polar surface area (TPSA) is 72.1 Å². The Balaban J connectivity index is 1.87. The minimum absolute atomic E-state index is 0.112. The lowest BCUT2D eigenvalue weighted by atomic mass is 9.86. The largest absolute Gasteiger partial charge is 0.456 e. The van der Waals surface area contributed by atoms with Gasteiger partial charge in [-0.05, 0) is 37.7 Å². The molecule has 0 amide bonds. The number of esters is 1. The zero-order chi connectivity index (χ0) is 14.5. The summed E-state index contributed by atoms with van der Waals surface area (Å²) in [7, 11) is 0. The first-order valence-corrected chi connectivity index (χ1v) is 6.61. The van der Waals surface area contributed by atoms with E-state index in [4.69, 9.17) is 4.74 Å². The molecule has 1 atom stereocenters. The third-order valence-corrected chi connectivity index (χ3v) is 3.47. The summed E-state index contributed by atoms with van der Waals surface area (Å²) in [4.78, 5) is 28.7. The fourth-order valence-electron chi connectivity index (χ4n) is 2.15. The Morgan fingerprint density at radius 3 is 2.95 bits per heavy atom. The minimum atomic E-state index is -0.524. The summed E-state index contributed by atoms with van der Waals surface area (Å²) in [6.45, 7) is 6.30. The van der Waals surface area contributed by atoms with Gasteiger partial charge in [-0.2, -0.15) is 0 Å². The molecule has 0 fully saturated rings. The van der Waals surface area contributed by atoms with Crippen molar-refractivity contribution in [2.24, 2.45) is 5.92 Å². The number of carbonyl (C=O) groups excluding carboxylic acids is 1. The van der Waals surface area contributed by atoms with Gasteiger partial charge in [0, 0.05) is 6.20 Å². The molecule has 0 spiro atoms. The smallest absolute Gasteiger partial charge is 0.358 e. The Hall–Kier alpha value is -2.17. The van der Waals surface area contributed by atoms with Crippen molar-refractivity contribution >= 4 is 5.97 Å². The quantitative estimate of drug-likeness (QED) is 0.675. The van der Waals surface area contributed by atoms with Crippen molar-refractivity contribution in [3.05, 3.63) is 52.2 Å². The normalized spacial score (nSPS) is 18.2. The van der Waals surface area contributed by atoms with Gasteiger partial charge in [-0.25, -0.2) is 9.78 Å². The Morgan fingerprint density at radius 1 is 1.60 bits per heavy atom. The Morgan fingerprint density at radius 2 is 2.40 bits per heavy atom. The fraction of sp³-hybridized carbons (Fsp3) is 0.400. The number of aromatic amines is 1. The summed E-state index contributed by atoms with van der Waals surface area (Å²) in [6.07, 6.45) is 7.37. The highest BCUT2D eigenvalue weighted by atomic mass is 16.5. The van der Waals surface area contributed by atoms with Crippen LogP contribution in [-0.2, 0) is 4.74 Å². The van der Waals surface area contributed by atoms with Gasteiger partial charge in [0.05, 0.1) is 6.20 Å². The van der Waals surface area contributed by atoms with E-state index in [1.807, 2.05) is 6.92 Å². The molecular weight excluding hydrogens is 256 g/mol. The average Bonchev–Trinajstić information content (AvgIpc) is 2.46. The minimum Gasteiger partial charge on any atom is -0.456 e. The predicted octanol–water partition coefficient (Wildman–Crippen LogP) is 2.23. The highest BCUT2D eigenvalue weighted by Gasteiger charge is 2.16. The molecule has 1 aromatic heterocycles. The van der Waals surface area contributed by atoms with Gasteiger partial charge in [0.1, 0.15) is 6.61 Å². The van der Waals surface area contributed by atoms with Gasteiger partial charge < -0.3 is 9.72 Å². The summed E-state index contributed by atoms with van der Waals surface area (Å²) in [5.41, 5.74) is 2.10. The van der Waals surface area contributed by atoms with Crippen molar-refractivity contribution in [3.8, 4) is 0 Å². The molecule has 0 saturated carbocycles. The van der Waals surface area contributed by atoms with Gasteiger partial charge >= 0.3 is 5.97 Å². The number of aromatic nitrogens is 2. The molecule has 0 unspecified atom stereocenters. The van der Waals surface area contributed by atoms with E-state index in [1.54, 1.807) is 0 Å². The predicted molar refractivity (Wildman–Crippen MR) is 75.4 cm³/mol. The number of hydrogen-bond donors (Lipinski definition) is 1. The lowest BCUT2D eigenvalue weighted by Crippen LogP contribution is -2.15. The van der Waals surface area contributed by atoms with Crippen LogP contribution in [0, 0.1) is 5.92 Å². The van der Waals surface area contributed by atoms with Crippen LogP contribution in [0.25, 0.3) is 0 Å². The van der Waals surface area contributed by atoms with Gasteiger partial charge in [-0.15, -0.1) is 0 Å². The summed E-state index contributed by atoms with van der Waals surface area (Å²) < 4.78 is 5.19. The fourth-order valence-corrected chi connectivity index (χ4v) is 2.15. The number of allylic oxidation sites excluding steroid dienone is 2. The molecule has 0 bridgehead atoms. The van der Waals surface area contributed by atoms with Gasteiger partial charge in [-0.3, -0.25) is 4.79 Å². The van der Waals surface area contributed by atoms with Crippen LogP contribution in [-0.4, -0.2) is 22.5 Å². The van der Waals surface area contributed by atoms with Gasteiger partial charge in [0.15, 0.2) is 5.69 Å². The first kappa shape index (κ1) is 14.2. The maximum atomic E-state index is 11.7. The van der Waals surface area contributed by atoms with Crippen molar-refractivity contribution in [2.45, 2.75) is 26.2 Å². The average molecular weight is 274 g/mol. The van der Waals surface area contributed by atoms with Gasteiger partial charge in [0.25, 0.3) is 5.56 Å². The number of nitrogens with zero attached hydrogens (tertiary/aromatic N) is 1. The van der Waals surface area contributed by atoms with Crippen LogP contribution >= 0.6 is 0 Å². The lowest BCUT2D eigenvalue weighted by Gasteiger charge is -2.21. The summed E-state index contributed by atoms with van der Waals surface area (Å²) in [5, 5.41) is 0. The molecule has 106 valence electrons. The molecular formula is C15H18N2O3. The molecule has 20 heavy (non-hydrogen) atoms. The van der Waals surface area contributed by atoms with Crippen LogP contribution < -0.4 is 5.56 Å². The summed E-state index contributed by atoms with van der Waals surface area (Å²) in [5.74, 6) is 0.0134. The van der Waals surface area contributed by atoms with Crippen molar-refractivity contribution in [1.29, 1.82) is 0 Å². The molecule has 5 heteroatoms. The van der Waals surface area contributed by atoms with E-state index >= 15 is 0 Å². The van der Waals surface area contributed by atoms with Crippen LogP contribution in [0.4, 0.5) is 0 Å². The van der Waals surface area contributed by atoms with Gasteiger partial charge in [-0.1, -0.05) is 18.2 Å². The van der Waals surface area contributed by atoms with Crippen molar-refractivity contribution in [2.75, 3.05) is 6.61 Å². The third-order valence-electron chi connectivity index (χ3n) is 3.47. The SMILES string of the molecule is C=C(C)[C@@H]1CC=C(COC(=O)c2c[nH]c(=O)cn2)CC1. The lowest BCUT2D eigenvalue weighted by molar-refractivity contribution is 0.0528. The monoisotopic (exact) mass is 274 g/mol. The first-order chi connectivity index (χ1) is 9.56. The Bertz CT molecular complexity index is 581. The maximum absolute atomic E-state index is 11.7. The molecule has 2 rings (SSSR count). The number of carbonyl (C=O) groups is 1. The first-order valence-electron chi connectivity index (χ1n) is 6.61.